The van der Waals surface area contributed by atoms with Crippen LogP contribution in [-0.2, 0) is 4.79 Å². The first-order chi connectivity index (χ1) is 10.1. The van der Waals surface area contributed by atoms with Crippen molar-refractivity contribution in [2.24, 2.45) is 0 Å². The zero-order valence-corrected chi connectivity index (χ0v) is 12.1. The number of rotatable bonds is 5. The number of hydrogen-bond donors (Lipinski definition) is 2. The maximum absolute atomic E-state index is 12.0. The summed E-state index contributed by atoms with van der Waals surface area (Å²) in [6.45, 7) is 3.98. The summed E-state index contributed by atoms with van der Waals surface area (Å²) in [5.41, 5.74) is 1.05. The lowest BCUT2D eigenvalue weighted by molar-refractivity contribution is -0.114. The monoisotopic (exact) mass is 286 g/mol. The second-order valence-corrected chi connectivity index (χ2v) is 4.60. The van der Waals surface area contributed by atoms with Gasteiger partial charge in [-0.15, -0.1) is 0 Å². The molecule has 0 aliphatic carbocycles. The Hall–Kier alpha value is -2.63. The van der Waals surface area contributed by atoms with E-state index in [0.717, 1.165) is 12.1 Å². The van der Waals surface area contributed by atoms with Crippen molar-refractivity contribution in [1.29, 1.82) is 0 Å². The van der Waals surface area contributed by atoms with Crippen LogP contribution in [-0.4, -0.2) is 28.1 Å². The van der Waals surface area contributed by atoms with Crippen LogP contribution in [0, 0.1) is 0 Å². The molecule has 21 heavy (non-hydrogen) atoms. The number of nitrogens with one attached hydrogen (secondary N) is 2. The van der Waals surface area contributed by atoms with E-state index in [9.17, 15) is 9.59 Å². The molecule has 110 valence electrons. The summed E-state index contributed by atoms with van der Waals surface area (Å²) < 4.78 is 1.54. The maximum atomic E-state index is 12.0. The van der Waals surface area contributed by atoms with Crippen LogP contribution in [0.2, 0.25) is 0 Å². The molecule has 1 heterocycles. The summed E-state index contributed by atoms with van der Waals surface area (Å²) in [6.07, 6.45) is 0.851. The highest BCUT2D eigenvalue weighted by atomic mass is 16.2. The third-order valence-electron chi connectivity index (χ3n) is 2.78. The second kappa shape index (κ2) is 6.69. The average molecular weight is 286 g/mol. The normalized spacial score (nSPS) is 10.2. The fourth-order valence-corrected chi connectivity index (χ4v) is 1.86. The second-order valence-electron chi connectivity index (χ2n) is 4.60. The minimum absolute atomic E-state index is 0.215. The number of amides is 2. The van der Waals surface area contributed by atoms with Gasteiger partial charge in [-0.2, -0.15) is 5.10 Å². The Kier molecular flexibility index (Phi) is 4.71. The van der Waals surface area contributed by atoms with Crippen LogP contribution in [0.4, 0.5) is 5.82 Å². The first kappa shape index (κ1) is 14.8. The molecule has 0 saturated heterocycles. The molecule has 0 fully saturated rings. The molecular weight excluding hydrogens is 268 g/mol. The van der Waals surface area contributed by atoms with Crippen LogP contribution in [0.1, 0.15) is 30.8 Å². The van der Waals surface area contributed by atoms with E-state index in [-0.39, 0.29) is 17.5 Å². The predicted molar refractivity (Wildman–Crippen MR) is 80.5 cm³/mol. The molecule has 2 rings (SSSR count). The molecule has 0 saturated carbocycles. The fourth-order valence-electron chi connectivity index (χ4n) is 1.86. The van der Waals surface area contributed by atoms with Gasteiger partial charge in [0.05, 0.1) is 5.69 Å². The van der Waals surface area contributed by atoms with Crippen molar-refractivity contribution in [3.05, 3.63) is 42.1 Å². The lowest BCUT2D eigenvalue weighted by atomic mass is 10.3. The summed E-state index contributed by atoms with van der Waals surface area (Å²) in [5.74, 6) is 0.000999. The summed E-state index contributed by atoms with van der Waals surface area (Å²) in [7, 11) is 0. The minimum atomic E-state index is -0.252. The summed E-state index contributed by atoms with van der Waals surface area (Å²) in [6, 6.07) is 10.9. The quantitative estimate of drug-likeness (QED) is 0.882. The highest BCUT2D eigenvalue weighted by Gasteiger charge is 2.15. The number of aromatic nitrogens is 2. The molecule has 2 amide bonds. The van der Waals surface area contributed by atoms with Crippen molar-refractivity contribution in [3.63, 3.8) is 0 Å². The SMILES string of the molecule is CCCNC(=O)c1cc(NC(C)=O)n(-c2ccccc2)n1. The third kappa shape index (κ3) is 3.68. The smallest absolute Gasteiger partial charge is 0.271 e. The van der Waals surface area contributed by atoms with Crippen molar-refractivity contribution in [1.82, 2.24) is 15.1 Å². The van der Waals surface area contributed by atoms with Crippen LogP contribution in [0.15, 0.2) is 36.4 Å². The van der Waals surface area contributed by atoms with E-state index in [0.29, 0.717) is 12.4 Å². The van der Waals surface area contributed by atoms with E-state index in [1.54, 1.807) is 10.7 Å². The Morgan fingerprint density at radius 1 is 1.24 bits per heavy atom. The zero-order valence-electron chi connectivity index (χ0n) is 12.1. The van der Waals surface area contributed by atoms with Crippen LogP contribution in [0.3, 0.4) is 0 Å². The Morgan fingerprint density at radius 3 is 2.57 bits per heavy atom. The fraction of sp³-hybridized carbons (Fsp3) is 0.267. The van der Waals surface area contributed by atoms with Crippen LogP contribution < -0.4 is 10.6 Å². The first-order valence-corrected chi connectivity index (χ1v) is 6.83. The molecule has 1 aromatic heterocycles. The van der Waals surface area contributed by atoms with Gasteiger partial charge in [0.2, 0.25) is 5.91 Å². The van der Waals surface area contributed by atoms with Gasteiger partial charge in [0.1, 0.15) is 5.82 Å². The number of nitrogens with zero attached hydrogens (tertiary/aromatic N) is 2. The van der Waals surface area contributed by atoms with E-state index >= 15 is 0 Å². The van der Waals surface area contributed by atoms with E-state index in [1.165, 1.54) is 6.92 Å². The maximum Gasteiger partial charge on any atom is 0.271 e. The molecule has 1 aromatic carbocycles. The number of para-hydroxylation sites is 1. The highest BCUT2D eigenvalue weighted by Crippen LogP contribution is 2.17. The van der Waals surface area contributed by atoms with Crippen molar-refractivity contribution in [3.8, 4) is 5.69 Å². The van der Waals surface area contributed by atoms with Gasteiger partial charge in [0, 0.05) is 19.5 Å². The van der Waals surface area contributed by atoms with Gasteiger partial charge in [-0.3, -0.25) is 9.59 Å². The zero-order chi connectivity index (χ0) is 15.2. The van der Waals surface area contributed by atoms with E-state index in [2.05, 4.69) is 15.7 Å². The number of anilines is 1. The van der Waals surface area contributed by atoms with Gasteiger partial charge in [-0.05, 0) is 18.6 Å². The van der Waals surface area contributed by atoms with E-state index < -0.39 is 0 Å². The number of benzene rings is 1. The molecule has 0 atom stereocenters. The highest BCUT2D eigenvalue weighted by molar-refractivity contribution is 5.95. The Morgan fingerprint density at radius 2 is 1.95 bits per heavy atom. The molecule has 0 bridgehead atoms. The molecule has 2 aromatic rings. The number of carbonyl (C=O) groups excluding carboxylic acids is 2. The number of hydrogen-bond acceptors (Lipinski definition) is 3. The Labute approximate surface area is 123 Å². The molecule has 2 N–H and O–H groups in total. The molecule has 0 spiro atoms. The molecular formula is C15H18N4O2. The number of carbonyl (C=O) groups is 2. The van der Waals surface area contributed by atoms with Gasteiger partial charge in [0.25, 0.3) is 5.91 Å². The van der Waals surface area contributed by atoms with E-state index in [4.69, 9.17) is 0 Å². The molecule has 0 aliphatic heterocycles. The van der Waals surface area contributed by atoms with Crippen LogP contribution in [0.5, 0.6) is 0 Å². The molecule has 6 heteroatoms. The van der Waals surface area contributed by atoms with Crippen molar-refractivity contribution in [2.45, 2.75) is 20.3 Å². The van der Waals surface area contributed by atoms with Crippen LogP contribution in [0.25, 0.3) is 5.69 Å². The molecule has 0 unspecified atom stereocenters. The predicted octanol–water partition coefficient (Wildman–Crippen LogP) is 1.97. The van der Waals surface area contributed by atoms with Gasteiger partial charge in [-0.1, -0.05) is 25.1 Å². The average Bonchev–Trinajstić information content (AvgIpc) is 2.89. The lowest BCUT2D eigenvalue weighted by Gasteiger charge is -2.06. The summed E-state index contributed by atoms with van der Waals surface area (Å²) in [5, 5.41) is 9.73. The van der Waals surface area contributed by atoms with Crippen LogP contribution >= 0.6 is 0 Å². The Balaban J connectivity index is 2.36. The largest absolute Gasteiger partial charge is 0.351 e. The van der Waals surface area contributed by atoms with Gasteiger partial charge >= 0.3 is 0 Å². The Bertz CT molecular complexity index is 634. The van der Waals surface area contributed by atoms with Crippen molar-refractivity contribution < 1.29 is 9.59 Å². The molecule has 0 radical (unpaired) electrons. The minimum Gasteiger partial charge on any atom is -0.351 e. The first-order valence-electron chi connectivity index (χ1n) is 6.83. The third-order valence-corrected chi connectivity index (χ3v) is 2.78. The standard InChI is InChI=1S/C15H18N4O2/c1-3-9-16-15(21)13-10-14(17-11(2)20)19(18-13)12-7-5-4-6-8-12/h4-8,10H,3,9H2,1-2H3,(H,16,21)(H,17,20). The van der Waals surface area contributed by atoms with Gasteiger partial charge in [0.15, 0.2) is 5.69 Å². The molecule has 0 aliphatic rings. The van der Waals surface area contributed by atoms with Crippen molar-refractivity contribution >= 4 is 17.6 Å². The van der Waals surface area contributed by atoms with E-state index in [1.807, 2.05) is 37.3 Å². The van der Waals surface area contributed by atoms with Gasteiger partial charge in [-0.25, -0.2) is 4.68 Å². The topological polar surface area (TPSA) is 76.0 Å². The lowest BCUT2D eigenvalue weighted by Crippen LogP contribution is -2.24. The van der Waals surface area contributed by atoms with Gasteiger partial charge < -0.3 is 10.6 Å². The summed E-state index contributed by atoms with van der Waals surface area (Å²) in [4.78, 5) is 23.3. The summed E-state index contributed by atoms with van der Waals surface area (Å²) >= 11 is 0. The molecule has 6 nitrogen and oxygen atoms in total. The van der Waals surface area contributed by atoms with Crippen molar-refractivity contribution in [2.75, 3.05) is 11.9 Å².